The molecule has 2 aliphatic rings. The summed E-state index contributed by atoms with van der Waals surface area (Å²) in [4.78, 5) is 26.4. The Balaban J connectivity index is 1.61. The zero-order chi connectivity index (χ0) is 17.8. The molecule has 25 heavy (non-hydrogen) atoms. The number of nitrogens with one attached hydrogen (secondary N) is 2. The smallest absolute Gasteiger partial charge is 0.227 e. The van der Waals surface area contributed by atoms with Crippen LogP contribution in [0.25, 0.3) is 0 Å². The van der Waals surface area contributed by atoms with Crippen molar-refractivity contribution in [2.45, 2.75) is 19.4 Å². The molecule has 2 aliphatic heterocycles. The lowest BCUT2D eigenvalue weighted by Gasteiger charge is -2.20. The molecular formula is C18H25N3O4. The number of hydrogen-bond acceptors (Lipinski definition) is 5. The lowest BCUT2D eigenvalue weighted by atomic mass is 10.0. The van der Waals surface area contributed by atoms with Gasteiger partial charge in [0.05, 0.1) is 24.3 Å². The molecule has 7 nitrogen and oxygen atoms in total. The molecule has 0 bridgehead atoms. The minimum Gasteiger partial charge on any atom is -0.492 e. The quantitative estimate of drug-likeness (QED) is 0.681. The Bertz CT molecular complexity index is 637. The molecule has 2 amide bonds. The van der Waals surface area contributed by atoms with E-state index in [2.05, 4.69) is 10.6 Å². The highest BCUT2D eigenvalue weighted by Crippen LogP contribution is 2.33. The molecule has 3 N–H and O–H groups in total. The van der Waals surface area contributed by atoms with Crippen LogP contribution in [0.5, 0.6) is 5.75 Å². The molecule has 3 unspecified atom stereocenters. The molecule has 0 aromatic heterocycles. The summed E-state index contributed by atoms with van der Waals surface area (Å²) >= 11 is 0. The number of hydrogen-bond donors (Lipinski definition) is 3. The summed E-state index contributed by atoms with van der Waals surface area (Å²) < 4.78 is 5.59. The molecule has 2 saturated heterocycles. The van der Waals surface area contributed by atoms with E-state index in [0.717, 1.165) is 0 Å². The molecular weight excluding hydrogens is 322 g/mol. The van der Waals surface area contributed by atoms with Crippen LogP contribution >= 0.6 is 0 Å². The van der Waals surface area contributed by atoms with Gasteiger partial charge in [-0.05, 0) is 19.1 Å². The minimum atomic E-state index is -0.430. The lowest BCUT2D eigenvalue weighted by molar-refractivity contribution is -0.126. The number of carbonyl (C=O) groups is 2. The summed E-state index contributed by atoms with van der Waals surface area (Å²) in [6.07, 6.45) is -0.238. The van der Waals surface area contributed by atoms with Gasteiger partial charge in [0.2, 0.25) is 11.8 Å². The van der Waals surface area contributed by atoms with E-state index in [1.165, 1.54) is 0 Å². The Morgan fingerprint density at radius 1 is 1.40 bits per heavy atom. The van der Waals surface area contributed by atoms with E-state index >= 15 is 0 Å². The van der Waals surface area contributed by atoms with E-state index in [1.54, 1.807) is 4.90 Å². The second kappa shape index (κ2) is 7.84. The van der Waals surface area contributed by atoms with Crippen LogP contribution in [-0.4, -0.2) is 55.8 Å². The van der Waals surface area contributed by atoms with Gasteiger partial charge in [-0.2, -0.15) is 0 Å². The fourth-order valence-corrected chi connectivity index (χ4v) is 3.38. The number of rotatable bonds is 6. The topological polar surface area (TPSA) is 90.9 Å². The summed E-state index contributed by atoms with van der Waals surface area (Å²) in [7, 11) is 0. The van der Waals surface area contributed by atoms with Gasteiger partial charge < -0.3 is 25.4 Å². The summed E-state index contributed by atoms with van der Waals surface area (Å²) in [5, 5.41) is 15.8. The Hall–Kier alpha value is -2.12. The molecule has 0 aliphatic carbocycles. The predicted octanol–water partition coefficient (Wildman–Crippen LogP) is 0.135. The lowest BCUT2D eigenvalue weighted by Crippen LogP contribution is -2.38. The van der Waals surface area contributed by atoms with E-state index < -0.39 is 6.10 Å². The van der Waals surface area contributed by atoms with E-state index in [-0.39, 0.29) is 30.1 Å². The fourth-order valence-electron chi connectivity index (χ4n) is 3.38. The van der Waals surface area contributed by atoms with Crippen molar-refractivity contribution in [1.82, 2.24) is 10.6 Å². The van der Waals surface area contributed by atoms with Crippen molar-refractivity contribution >= 4 is 17.5 Å². The zero-order valence-electron chi connectivity index (χ0n) is 14.4. The molecule has 1 aromatic rings. The van der Waals surface area contributed by atoms with Gasteiger partial charge in [0, 0.05) is 38.5 Å². The number of para-hydroxylation sites is 2. The second-order valence-corrected chi connectivity index (χ2v) is 6.54. The third kappa shape index (κ3) is 3.93. The van der Waals surface area contributed by atoms with Crippen molar-refractivity contribution in [3.63, 3.8) is 0 Å². The SMILES string of the molecule is CCOc1ccccc1N1CC(C(=O)NCC2CNCC2O)CC1=O. The first kappa shape index (κ1) is 17.7. The molecule has 2 heterocycles. The van der Waals surface area contributed by atoms with Crippen LogP contribution in [0.2, 0.25) is 0 Å². The van der Waals surface area contributed by atoms with Crippen LogP contribution in [0.1, 0.15) is 13.3 Å². The first-order chi connectivity index (χ1) is 12.1. The second-order valence-electron chi connectivity index (χ2n) is 6.54. The Kier molecular flexibility index (Phi) is 5.55. The maximum absolute atomic E-state index is 12.4. The number of ether oxygens (including phenoxy) is 1. The fraction of sp³-hybridized carbons (Fsp3) is 0.556. The highest BCUT2D eigenvalue weighted by Gasteiger charge is 2.36. The number of β-amino-alcohol motifs (C(OH)–C–C–N with tert-alkyl or cyclic N) is 1. The third-order valence-electron chi connectivity index (χ3n) is 4.79. The average Bonchev–Trinajstić information content (AvgIpc) is 3.19. The molecule has 7 heteroatoms. The summed E-state index contributed by atoms with van der Waals surface area (Å²) in [6, 6.07) is 7.38. The van der Waals surface area contributed by atoms with E-state index in [1.807, 2.05) is 31.2 Å². The van der Waals surface area contributed by atoms with Crippen LogP contribution in [0.4, 0.5) is 5.69 Å². The van der Waals surface area contributed by atoms with Crippen molar-refractivity contribution < 1.29 is 19.4 Å². The number of aliphatic hydroxyl groups excluding tert-OH is 1. The number of benzene rings is 1. The summed E-state index contributed by atoms with van der Waals surface area (Å²) in [5.74, 6) is 0.0859. The van der Waals surface area contributed by atoms with Crippen molar-refractivity contribution in [2.75, 3.05) is 37.7 Å². The standard InChI is InChI=1S/C18H25N3O4/c1-2-25-16-6-4-3-5-14(16)21-11-12(7-17(21)23)18(24)20-9-13-8-19-10-15(13)22/h3-6,12-13,15,19,22H,2,7-11H2,1H3,(H,20,24). The largest absolute Gasteiger partial charge is 0.492 e. The Labute approximate surface area is 147 Å². The Morgan fingerprint density at radius 3 is 2.92 bits per heavy atom. The number of nitrogens with zero attached hydrogens (tertiary/aromatic N) is 1. The first-order valence-corrected chi connectivity index (χ1v) is 8.78. The van der Waals surface area contributed by atoms with Gasteiger partial charge in [0.1, 0.15) is 5.75 Å². The van der Waals surface area contributed by atoms with Gasteiger partial charge in [0.15, 0.2) is 0 Å². The summed E-state index contributed by atoms with van der Waals surface area (Å²) in [6.45, 7) is 4.43. The zero-order valence-corrected chi connectivity index (χ0v) is 14.4. The number of aliphatic hydroxyl groups is 1. The van der Waals surface area contributed by atoms with Gasteiger partial charge in [-0.3, -0.25) is 9.59 Å². The molecule has 2 fully saturated rings. The first-order valence-electron chi connectivity index (χ1n) is 8.78. The highest BCUT2D eigenvalue weighted by molar-refractivity contribution is 6.01. The van der Waals surface area contributed by atoms with Gasteiger partial charge >= 0.3 is 0 Å². The van der Waals surface area contributed by atoms with Gasteiger partial charge in [0.25, 0.3) is 0 Å². The van der Waals surface area contributed by atoms with Crippen LogP contribution in [-0.2, 0) is 9.59 Å². The van der Waals surface area contributed by atoms with Crippen molar-refractivity contribution in [3.8, 4) is 5.75 Å². The van der Waals surface area contributed by atoms with E-state index in [0.29, 0.717) is 44.2 Å². The molecule has 0 spiro atoms. The Morgan fingerprint density at radius 2 is 2.20 bits per heavy atom. The molecule has 0 radical (unpaired) electrons. The van der Waals surface area contributed by atoms with Crippen LogP contribution in [0, 0.1) is 11.8 Å². The number of carbonyl (C=O) groups excluding carboxylic acids is 2. The third-order valence-corrected chi connectivity index (χ3v) is 4.79. The highest BCUT2D eigenvalue weighted by atomic mass is 16.5. The van der Waals surface area contributed by atoms with Gasteiger partial charge in [-0.1, -0.05) is 12.1 Å². The monoisotopic (exact) mass is 347 g/mol. The predicted molar refractivity (Wildman–Crippen MR) is 93.4 cm³/mol. The molecule has 136 valence electrons. The maximum atomic E-state index is 12.4. The van der Waals surface area contributed by atoms with Crippen molar-refractivity contribution in [2.24, 2.45) is 11.8 Å². The maximum Gasteiger partial charge on any atom is 0.227 e. The van der Waals surface area contributed by atoms with Crippen molar-refractivity contribution in [1.29, 1.82) is 0 Å². The normalized spacial score (nSPS) is 26.1. The van der Waals surface area contributed by atoms with Crippen LogP contribution in [0.3, 0.4) is 0 Å². The van der Waals surface area contributed by atoms with E-state index in [9.17, 15) is 14.7 Å². The number of amides is 2. The average molecular weight is 347 g/mol. The van der Waals surface area contributed by atoms with Crippen molar-refractivity contribution in [3.05, 3.63) is 24.3 Å². The molecule has 1 aromatic carbocycles. The molecule has 3 rings (SSSR count). The minimum absolute atomic E-state index is 0.0239. The van der Waals surface area contributed by atoms with Crippen LogP contribution in [0.15, 0.2) is 24.3 Å². The van der Waals surface area contributed by atoms with E-state index in [4.69, 9.17) is 4.74 Å². The number of anilines is 1. The summed E-state index contributed by atoms with van der Waals surface area (Å²) in [5.41, 5.74) is 0.708. The molecule has 3 atom stereocenters. The van der Waals surface area contributed by atoms with Gasteiger partial charge in [-0.15, -0.1) is 0 Å². The van der Waals surface area contributed by atoms with Crippen LogP contribution < -0.4 is 20.3 Å². The van der Waals surface area contributed by atoms with Gasteiger partial charge in [-0.25, -0.2) is 0 Å². The molecule has 0 saturated carbocycles.